The number of hydrogen-bond donors (Lipinski definition) is 1. The van der Waals surface area contributed by atoms with Gasteiger partial charge in [-0.05, 0) is 47.0 Å². The lowest BCUT2D eigenvalue weighted by Crippen LogP contribution is -2.07. The molecule has 29 heavy (non-hydrogen) atoms. The number of nitrogens with zero attached hydrogens (tertiary/aromatic N) is 7. The maximum atomic E-state index is 6.35. The quantitative estimate of drug-likeness (QED) is 0.476. The van der Waals surface area contributed by atoms with Gasteiger partial charge in [0.25, 0.3) is 0 Å². The number of H-pyrrole nitrogens is 1. The molecule has 0 spiro atoms. The molecule has 0 aliphatic rings. The second-order valence-electron chi connectivity index (χ2n) is 6.90. The predicted molar refractivity (Wildman–Crippen MR) is 111 cm³/mol. The minimum atomic E-state index is 0.527. The zero-order valence-corrected chi connectivity index (χ0v) is 17.3. The Bertz CT molecular complexity index is 1060. The molecule has 0 unspecified atom stereocenters. The van der Waals surface area contributed by atoms with Crippen LogP contribution in [0, 0.1) is 0 Å². The largest absolute Gasteiger partial charge is 0.312 e. The molecule has 1 N–H and O–H groups in total. The summed E-state index contributed by atoms with van der Waals surface area (Å²) in [6.07, 6.45) is 5.86. The third-order valence-electron chi connectivity index (χ3n) is 4.69. The lowest BCUT2D eigenvalue weighted by atomic mass is 10.2. The van der Waals surface area contributed by atoms with E-state index in [9.17, 15) is 0 Å². The Hall–Kier alpha value is -3.00. The summed E-state index contributed by atoms with van der Waals surface area (Å²) in [6, 6.07) is 10.1. The summed E-state index contributed by atoms with van der Waals surface area (Å²) in [4.78, 5) is 4.70. The first-order chi connectivity index (χ1) is 14.2. The van der Waals surface area contributed by atoms with Gasteiger partial charge in [0.2, 0.25) is 0 Å². The Balaban J connectivity index is 1.59. The van der Waals surface area contributed by atoms with Crippen molar-refractivity contribution in [3.8, 4) is 17.2 Å². The molecular weight excluding hydrogens is 388 g/mol. The number of aromatic amines is 1. The zero-order valence-electron chi connectivity index (χ0n) is 16.5. The second-order valence-corrected chi connectivity index (χ2v) is 7.31. The highest BCUT2D eigenvalue weighted by molar-refractivity contribution is 6.33. The SMILES string of the molecule is CCCc1nc(CCC)n(Cc2ccc(-n3ccc(Cl)c3-c3nnn[nH]3)cc2)n1. The molecule has 0 aliphatic heterocycles. The molecule has 9 heteroatoms. The van der Waals surface area contributed by atoms with Crippen molar-refractivity contribution in [3.05, 3.63) is 58.8 Å². The average molecular weight is 411 g/mol. The topological polar surface area (TPSA) is 90.1 Å². The van der Waals surface area contributed by atoms with Crippen LogP contribution in [0.25, 0.3) is 17.2 Å². The molecule has 0 aliphatic carbocycles. The van der Waals surface area contributed by atoms with Crippen molar-refractivity contribution in [2.24, 2.45) is 0 Å². The van der Waals surface area contributed by atoms with Gasteiger partial charge in [0.15, 0.2) is 11.6 Å². The van der Waals surface area contributed by atoms with Gasteiger partial charge in [0, 0.05) is 24.7 Å². The lowest BCUT2D eigenvalue weighted by molar-refractivity contribution is 0.623. The first kappa shape index (κ1) is 19.3. The summed E-state index contributed by atoms with van der Waals surface area (Å²) in [5, 5.41) is 19.3. The van der Waals surface area contributed by atoms with E-state index in [0.29, 0.717) is 17.4 Å². The maximum absolute atomic E-state index is 6.35. The molecule has 3 heterocycles. The molecule has 0 fully saturated rings. The van der Waals surface area contributed by atoms with Crippen LogP contribution in [0.4, 0.5) is 0 Å². The number of rotatable bonds is 8. The summed E-state index contributed by atoms with van der Waals surface area (Å²) in [7, 11) is 0. The summed E-state index contributed by atoms with van der Waals surface area (Å²) in [5.74, 6) is 2.51. The van der Waals surface area contributed by atoms with Crippen LogP contribution in [0.2, 0.25) is 5.02 Å². The van der Waals surface area contributed by atoms with E-state index in [1.165, 1.54) is 5.56 Å². The smallest absolute Gasteiger partial charge is 0.197 e. The van der Waals surface area contributed by atoms with Crippen LogP contribution in [0.1, 0.15) is 43.9 Å². The number of benzene rings is 1. The maximum Gasteiger partial charge on any atom is 0.197 e. The fraction of sp³-hybridized carbons (Fsp3) is 0.350. The van der Waals surface area contributed by atoms with Gasteiger partial charge in [-0.3, -0.25) is 0 Å². The number of aromatic nitrogens is 8. The standard InChI is InChI=1S/C20H23ClN8/c1-3-5-17-22-18(6-4-2)29(25-17)13-14-7-9-15(10-8-14)28-12-11-16(21)19(28)20-23-26-27-24-20/h7-12H,3-6,13H2,1-2H3,(H,23,24,26,27). The molecular formula is C20H23ClN8. The molecule has 3 aromatic heterocycles. The highest BCUT2D eigenvalue weighted by atomic mass is 35.5. The first-order valence-electron chi connectivity index (χ1n) is 9.82. The molecule has 0 atom stereocenters. The van der Waals surface area contributed by atoms with Crippen molar-refractivity contribution in [2.45, 2.75) is 46.1 Å². The van der Waals surface area contributed by atoms with Gasteiger partial charge in [0.05, 0.1) is 11.6 Å². The van der Waals surface area contributed by atoms with Crippen LogP contribution in [0.15, 0.2) is 36.5 Å². The number of tetrazole rings is 1. The van der Waals surface area contributed by atoms with E-state index < -0.39 is 0 Å². The third kappa shape index (κ3) is 4.07. The second kappa shape index (κ2) is 8.57. The molecule has 4 aromatic rings. The number of aryl methyl sites for hydroxylation is 2. The van der Waals surface area contributed by atoms with Gasteiger partial charge in [-0.2, -0.15) is 5.10 Å². The van der Waals surface area contributed by atoms with E-state index in [0.717, 1.165) is 48.7 Å². The summed E-state index contributed by atoms with van der Waals surface area (Å²) < 4.78 is 3.99. The molecule has 8 nitrogen and oxygen atoms in total. The van der Waals surface area contributed by atoms with Crippen LogP contribution in [-0.2, 0) is 19.4 Å². The number of hydrogen-bond acceptors (Lipinski definition) is 5. The summed E-state index contributed by atoms with van der Waals surface area (Å²) in [5.41, 5.74) is 2.88. The zero-order chi connectivity index (χ0) is 20.2. The molecule has 1 aromatic carbocycles. The van der Waals surface area contributed by atoms with Crippen LogP contribution in [0.5, 0.6) is 0 Å². The molecule has 0 saturated carbocycles. The molecule has 0 saturated heterocycles. The van der Waals surface area contributed by atoms with Gasteiger partial charge in [-0.1, -0.05) is 37.6 Å². The Morgan fingerprint density at radius 3 is 2.52 bits per heavy atom. The van der Waals surface area contributed by atoms with E-state index >= 15 is 0 Å². The normalized spacial score (nSPS) is 11.3. The van der Waals surface area contributed by atoms with E-state index in [1.807, 2.05) is 21.5 Å². The number of halogens is 1. The van der Waals surface area contributed by atoms with E-state index in [4.69, 9.17) is 21.7 Å². The fourth-order valence-electron chi connectivity index (χ4n) is 3.34. The average Bonchev–Trinajstić information content (AvgIpc) is 3.44. The molecule has 0 bridgehead atoms. The Kier molecular flexibility index (Phi) is 5.71. The molecule has 4 rings (SSSR count). The Labute approximate surface area is 173 Å². The van der Waals surface area contributed by atoms with E-state index in [-0.39, 0.29) is 0 Å². The highest BCUT2D eigenvalue weighted by Crippen LogP contribution is 2.29. The van der Waals surface area contributed by atoms with Crippen LogP contribution in [0.3, 0.4) is 0 Å². The van der Waals surface area contributed by atoms with Crippen LogP contribution < -0.4 is 0 Å². The van der Waals surface area contributed by atoms with Crippen molar-refractivity contribution in [3.63, 3.8) is 0 Å². The van der Waals surface area contributed by atoms with E-state index in [2.05, 4.69) is 58.7 Å². The fourth-order valence-corrected chi connectivity index (χ4v) is 3.57. The Morgan fingerprint density at radius 1 is 1.03 bits per heavy atom. The van der Waals surface area contributed by atoms with Crippen molar-refractivity contribution < 1.29 is 0 Å². The molecule has 150 valence electrons. The van der Waals surface area contributed by atoms with Crippen molar-refractivity contribution >= 4 is 11.6 Å². The van der Waals surface area contributed by atoms with Gasteiger partial charge in [-0.25, -0.2) is 14.8 Å². The van der Waals surface area contributed by atoms with Crippen molar-refractivity contribution in [2.75, 3.05) is 0 Å². The van der Waals surface area contributed by atoms with Gasteiger partial charge in [-0.15, -0.1) is 5.10 Å². The van der Waals surface area contributed by atoms with Gasteiger partial charge >= 0.3 is 0 Å². The predicted octanol–water partition coefficient (Wildman–Crippen LogP) is 3.86. The molecule has 0 radical (unpaired) electrons. The first-order valence-corrected chi connectivity index (χ1v) is 10.2. The summed E-state index contributed by atoms with van der Waals surface area (Å²) in [6.45, 7) is 5.02. The van der Waals surface area contributed by atoms with Gasteiger partial charge in [0.1, 0.15) is 11.5 Å². The van der Waals surface area contributed by atoms with E-state index in [1.54, 1.807) is 0 Å². The minimum Gasteiger partial charge on any atom is -0.312 e. The van der Waals surface area contributed by atoms with Crippen LogP contribution in [-0.4, -0.2) is 40.0 Å². The van der Waals surface area contributed by atoms with Crippen molar-refractivity contribution in [1.29, 1.82) is 0 Å². The Morgan fingerprint density at radius 2 is 1.83 bits per heavy atom. The highest BCUT2D eigenvalue weighted by Gasteiger charge is 2.15. The van der Waals surface area contributed by atoms with Crippen molar-refractivity contribution in [1.82, 2.24) is 40.0 Å². The molecule has 0 amide bonds. The minimum absolute atomic E-state index is 0.527. The third-order valence-corrected chi connectivity index (χ3v) is 5.00. The van der Waals surface area contributed by atoms with Crippen LogP contribution >= 0.6 is 11.6 Å². The van der Waals surface area contributed by atoms with Gasteiger partial charge < -0.3 is 4.57 Å². The monoisotopic (exact) mass is 410 g/mol. The summed E-state index contributed by atoms with van der Waals surface area (Å²) >= 11 is 6.35. The lowest BCUT2D eigenvalue weighted by Gasteiger charge is -2.10. The number of nitrogens with one attached hydrogen (secondary N) is 1.